The van der Waals surface area contributed by atoms with Crippen LogP contribution in [0, 0.1) is 19.8 Å². The van der Waals surface area contributed by atoms with Crippen LogP contribution >= 0.6 is 0 Å². The first kappa shape index (κ1) is 21.2. The van der Waals surface area contributed by atoms with Gasteiger partial charge in [-0.2, -0.15) is 15.1 Å². The molecule has 0 bridgehead atoms. The highest BCUT2D eigenvalue weighted by Gasteiger charge is 2.29. The van der Waals surface area contributed by atoms with Crippen molar-refractivity contribution in [1.82, 2.24) is 20.2 Å². The molecule has 0 spiro atoms. The molecule has 1 saturated heterocycles. The lowest BCUT2D eigenvalue weighted by molar-refractivity contribution is -0.117. The molecule has 1 aliphatic heterocycles. The molecule has 1 aromatic carbocycles. The van der Waals surface area contributed by atoms with Crippen LogP contribution in [0.2, 0.25) is 0 Å². The molecule has 0 radical (unpaired) electrons. The van der Waals surface area contributed by atoms with Crippen molar-refractivity contribution in [1.29, 1.82) is 0 Å². The van der Waals surface area contributed by atoms with Gasteiger partial charge in [0.2, 0.25) is 11.9 Å². The van der Waals surface area contributed by atoms with E-state index in [9.17, 15) is 4.79 Å². The van der Waals surface area contributed by atoms with Crippen LogP contribution in [0.25, 0.3) is 0 Å². The monoisotopic (exact) mass is 446 g/mol. The number of nitrogens with one attached hydrogen (secondary N) is 4. The number of carbonyl (C=O) groups is 1. The van der Waals surface area contributed by atoms with Gasteiger partial charge in [-0.3, -0.25) is 9.89 Å². The summed E-state index contributed by atoms with van der Waals surface area (Å²) in [6.07, 6.45) is 5.57. The van der Waals surface area contributed by atoms with E-state index in [1.165, 1.54) is 19.3 Å². The normalized spacial score (nSPS) is 15.9. The van der Waals surface area contributed by atoms with Crippen molar-refractivity contribution in [3.8, 4) is 0 Å². The molecular formula is C24H30N8O. The Hall–Kier alpha value is -3.62. The minimum Gasteiger partial charge on any atom is -0.356 e. The van der Waals surface area contributed by atoms with Crippen LogP contribution in [-0.2, 0) is 4.79 Å². The molecule has 4 N–H and O–H groups in total. The molecule has 2 fully saturated rings. The van der Waals surface area contributed by atoms with E-state index in [1.807, 2.05) is 44.2 Å². The second-order valence-corrected chi connectivity index (χ2v) is 8.90. The average molecular weight is 447 g/mol. The van der Waals surface area contributed by atoms with Crippen molar-refractivity contribution in [3.63, 3.8) is 0 Å². The number of hydrogen-bond donors (Lipinski definition) is 4. The maximum atomic E-state index is 12.0. The SMILES string of the molecule is Cc1[nH]nc(Nc2cc(N3CCCCC3)nc(Nc3ccc(NC(=O)C4CC4)cc3)n2)c1C. The molecule has 3 aromatic rings. The number of piperidine rings is 1. The fourth-order valence-corrected chi connectivity index (χ4v) is 3.92. The van der Waals surface area contributed by atoms with Crippen LogP contribution in [0.3, 0.4) is 0 Å². The predicted molar refractivity (Wildman–Crippen MR) is 131 cm³/mol. The highest BCUT2D eigenvalue weighted by molar-refractivity contribution is 5.94. The minimum absolute atomic E-state index is 0.105. The molecule has 9 nitrogen and oxygen atoms in total. The molecule has 2 aliphatic rings. The van der Waals surface area contributed by atoms with Gasteiger partial charge in [-0.05, 0) is 70.2 Å². The van der Waals surface area contributed by atoms with Crippen molar-refractivity contribution < 1.29 is 4.79 Å². The second-order valence-electron chi connectivity index (χ2n) is 8.90. The number of aromatic nitrogens is 4. The Bertz CT molecular complexity index is 1130. The molecule has 1 aliphatic carbocycles. The summed E-state index contributed by atoms with van der Waals surface area (Å²) in [5, 5.41) is 17.0. The molecule has 172 valence electrons. The summed E-state index contributed by atoms with van der Waals surface area (Å²) in [6.45, 7) is 6.00. The number of hydrogen-bond acceptors (Lipinski definition) is 7. The maximum Gasteiger partial charge on any atom is 0.231 e. The molecule has 9 heteroatoms. The topological polar surface area (TPSA) is 111 Å². The molecule has 33 heavy (non-hydrogen) atoms. The number of anilines is 6. The lowest BCUT2D eigenvalue weighted by atomic mass is 10.1. The van der Waals surface area contributed by atoms with E-state index in [1.54, 1.807) is 0 Å². The summed E-state index contributed by atoms with van der Waals surface area (Å²) in [4.78, 5) is 23.8. The number of rotatable bonds is 7. The summed E-state index contributed by atoms with van der Waals surface area (Å²) >= 11 is 0. The van der Waals surface area contributed by atoms with Gasteiger partial charge >= 0.3 is 0 Å². The summed E-state index contributed by atoms with van der Waals surface area (Å²) in [6, 6.07) is 9.62. The Balaban J connectivity index is 1.36. The first-order chi connectivity index (χ1) is 16.0. The number of H-pyrrole nitrogens is 1. The van der Waals surface area contributed by atoms with Crippen LogP contribution in [-0.4, -0.2) is 39.2 Å². The van der Waals surface area contributed by atoms with E-state index in [0.29, 0.717) is 11.8 Å². The van der Waals surface area contributed by atoms with E-state index in [0.717, 1.165) is 60.2 Å². The predicted octanol–water partition coefficient (Wildman–Crippen LogP) is 4.64. The number of aromatic amines is 1. The summed E-state index contributed by atoms with van der Waals surface area (Å²) in [7, 11) is 0. The van der Waals surface area contributed by atoms with Crippen LogP contribution in [0.15, 0.2) is 30.3 Å². The molecule has 1 amide bonds. The van der Waals surface area contributed by atoms with Gasteiger partial charge in [-0.25, -0.2) is 0 Å². The lowest BCUT2D eigenvalue weighted by Crippen LogP contribution is -2.30. The molecule has 3 heterocycles. The number of nitrogens with zero attached hydrogens (tertiary/aromatic N) is 4. The standard InChI is InChI=1S/C24H30N8O/c1-15-16(2)30-31-22(15)27-20-14-21(32-12-4-3-5-13-32)29-24(28-20)26-19-10-8-18(9-11-19)25-23(33)17-6-7-17/h8-11,14,17H,3-7,12-13H2,1-2H3,(H,25,33)(H3,26,27,28,29,30,31). The molecule has 2 aromatic heterocycles. The molecule has 1 saturated carbocycles. The zero-order valence-corrected chi connectivity index (χ0v) is 19.1. The van der Waals surface area contributed by atoms with Crippen LogP contribution in [0.5, 0.6) is 0 Å². The third-order valence-corrected chi connectivity index (χ3v) is 6.25. The summed E-state index contributed by atoms with van der Waals surface area (Å²) in [5.41, 5.74) is 3.74. The smallest absolute Gasteiger partial charge is 0.231 e. The Labute approximate surface area is 193 Å². The van der Waals surface area contributed by atoms with Crippen molar-refractivity contribution in [2.75, 3.05) is 33.9 Å². The molecular weight excluding hydrogens is 416 g/mol. The van der Waals surface area contributed by atoms with Crippen LogP contribution < -0.4 is 20.9 Å². The highest BCUT2D eigenvalue weighted by Crippen LogP contribution is 2.31. The Kier molecular flexibility index (Phi) is 5.85. The third-order valence-electron chi connectivity index (χ3n) is 6.25. The first-order valence-corrected chi connectivity index (χ1v) is 11.7. The average Bonchev–Trinajstić information content (AvgIpc) is 3.64. The van der Waals surface area contributed by atoms with Gasteiger partial charge in [0, 0.05) is 47.7 Å². The fourth-order valence-electron chi connectivity index (χ4n) is 3.92. The van der Waals surface area contributed by atoms with Crippen molar-refractivity contribution in [2.45, 2.75) is 46.0 Å². The third kappa shape index (κ3) is 5.08. The molecule has 0 atom stereocenters. The Morgan fingerprint density at radius 2 is 1.73 bits per heavy atom. The largest absolute Gasteiger partial charge is 0.356 e. The van der Waals surface area contributed by atoms with Gasteiger partial charge in [0.05, 0.1) is 0 Å². The number of benzene rings is 1. The van der Waals surface area contributed by atoms with Crippen LogP contribution in [0.1, 0.15) is 43.4 Å². The van der Waals surface area contributed by atoms with Gasteiger partial charge < -0.3 is 20.9 Å². The van der Waals surface area contributed by atoms with Gasteiger partial charge in [0.25, 0.3) is 0 Å². The van der Waals surface area contributed by atoms with E-state index in [-0.39, 0.29) is 11.8 Å². The second kappa shape index (κ2) is 9.09. The van der Waals surface area contributed by atoms with Gasteiger partial charge in [0.15, 0.2) is 5.82 Å². The van der Waals surface area contributed by atoms with E-state index >= 15 is 0 Å². The lowest BCUT2D eigenvalue weighted by Gasteiger charge is -2.28. The van der Waals surface area contributed by atoms with E-state index in [2.05, 4.69) is 36.0 Å². The van der Waals surface area contributed by atoms with Crippen LogP contribution in [0.4, 0.5) is 34.8 Å². The molecule has 0 unspecified atom stereocenters. The Morgan fingerprint density at radius 1 is 1.00 bits per heavy atom. The zero-order valence-electron chi connectivity index (χ0n) is 19.1. The quantitative estimate of drug-likeness (QED) is 0.418. The first-order valence-electron chi connectivity index (χ1n) is 11.7. The zero-order chi connectivity index (χ0) is 22.8. The van der Waals surface area contributed by atoms with E-state index in [4.69, 9.17) is 4.98 Å². The van der Waals surface area contributed by atoms with Crippen molar-refractivity contribution >= 4 is 40.7 Å². The number of aryl methyl sites for hydroxylation is 1. The number of amides is 1. The highest BCUT2D eigenvalue weighted by atomic mass is 16.2. The van der Waals surface area contributed by atoms with Gasteiger partial charge in [-0.15, -0.1) is 0 Å². The summed E-state index contributed by atoms with van der Waals surface area (Å²) in [5.74, 6) is 3.15. The van der Waals surface area contributed by atoms with Gasteiger partial charge in [0.1, 0.15) is 11.6 Å². The Morgan fingerprint density at radius 3 is 2.39 bits per heavy atom. The minimum atomic E-state index is 0.105. The fraction of sp³-hybridized carbons (Fsp3) is 0.417. The van der Waals surface area contributed by atoms with E-state index < -0.39 is 0 Å². The maximum absolute atomic E-state index is 12.0. The molecule has 5 rings (SSSR count). The van der Waals surface area contributed by atoms with Crippen molar-refractivity contribution in [2.24, 2.45) is 5.92 Å². The van der Waals surface area contributed by atoms with Crippen molar-refractivity contribution in [3.05, 3.63) is 41.6 Å². The van der Waals surface area contributed by atoms with Gasteiger partial charge in [-0.1, -0.05) is 0 Å². The number of carbonyl (C=O) groups excluding carboxylic acids is 1. The summed E-state index contributed by atoms with van der Waals surface area (Å²) < 4.78 is 0.